The van der Waals surface area contributed by atoms with Crippen LogP contribution in [0.2, 0.25) is 5.02 Å². The van der Waals surface area contributed by atoms with Gasteiger partial charge in [0.15, 0.2) is 0 Å². The summed E-state index contributed by atoms with van der Waals surface area (Å²) in [7, 11) is 2.94. The van der Waals surface area contributed by atoms with Crippen molar-refractivity contribution in [1.29, 1.82) is 0 Å². The first-order valence-corrected chi connectivity index (χ1v) is 11.1. The van der Waals surface area contributed by atoms with Crippen LogP contribution in [0.1, 0.15) is 42.6 Å². The minimum absolute atomic E-state index is 0.167. The van der Waals surface area contributed by atoms with Crippen LogP contribution >= 0.6 is 11.6 Å². The van der Waals surface area contributed by atoms with E-state index in [1.165, 1.54) is 5.56 Å². The van der Waals surface area contributed by atoms with E-state index >= 15 is 0 Å². The van der Waals surface area contributed by atoms with Crippen LogP contribution in [0, 0.1) is 5.92 Å². The number of hydrogen-bond donors (Lipinski definition) is 2. The number of hydrogen-bond acceptors (Lipinski definition) is 5. The molecule has 0 saturated carbocycles. The van der Waals surface area contributed by atoms with E-state index in [2.05, 4.69) is 22.4 Å². The van der Waals surface area contributed by atoms with Crippen molar-refractivity contribution in [3.63, 3.8) is 0 Å². The van der Waals surface area contributed by atoms with Crippen molar-refractivity contribution in [3.8, 4) is 0 Å². The number of nitrogens with one attached hydrogen (secondary N) is 1. The lowest BCUT2D eigenvalue weighted by atomic mass is 9.96. The number of fused-ring (bicyclic) bond motifs is 1. The fourth-order valence-electron chi connectivity index (χ4n) is 2.88. The van der Waals surface area contributed by atoms with E-state index in [0.717, 1.165) is 56.4 Å². The third-order valence-corrected chi connectivity index (χ3v) is 4.71. The Kier molecular flexibility index (Phi) is 17.6. The predicted molar refractivity (Wildman–Crippen MR) is 134 cm³/mol. The average molecular weight is 459 g/mol. The number of carbonyl (C=O) groups excluding carboxylic acids is 2. The van der Waals surface area contributed by atoms with E-state index in [1.807, 2.05) is 39.1 Å². The second kappa shape index (κ2) is 19.1. The third-order valence-electron chi connectivity index (χ3n) is 4.38. The largest absolute Gasteiger partial charge is 0.400 e. The molecular weight excluding hydrogens is 424 g/mol. The molecule has 0 aliphatic rings. The van der Waals surface area contributed by atoms with Gasteiger partial charge in [0.1, 0.15) is 12.6 Å². The van der Waals surface area contributed by atoms with Gasteiger partial charge in [-0.2, -0.15) is 0 Å². The number of aliphatic hydroxyl groups is 1. The van der Waals surface area contributed by atoms with Crippen LogP contribution in [-0.2, 0) is 11.2 Å². The fraction of sp³-hybridized carbons (Fsp3) is 0.346. The Morgan fingerprint density at radius 3 is 2.34 bits per heavy atom. The summed E-state index contributed by atoms with van der Waals surface area (Å²) in [5.74, 6) is 0.167. The number of aromatic nitrogens is 1. The van der Waals surface area contributed by atoms with Gasteiger partial charge in [-0.05, 0) is 50.6 Å². The zero-order valence-corrected chi connectivity index (χ0v) is 20.2. The summed E-state index contributed by atoms with van der Waals surface area (Å²) in [5.41, 5.74) is 2.61. The minimum Gasteiger partial charge on any atom is -0.400 e. The lowest BCUT2D eigenvalue weighted by molar-refractivity contribution is -0.111. The molecule has 6 heteroatoms. The van der Waals surface area contributed by atoms with Gasteiger partial charge < -0.3 is 15.2 Å². The Hall–Kier alpha value is -2.60. The maximum Gasteiger partial charge on any atom is 0.150 e. The number of nitrogens with zero attached hydrogens (tertiary/aromatic N) is 1. The first-order valence-electron chi connectivity index (χ1n) is 10.8. The molecule has 1 unspecified atom stereocenters. The highest BCUT2D eigenvalue weighted by Gasteiger charge is 2.07. The second-order valence-electron chi connectivity index (χ2n) is 6.52. The molecule has 0 radical (unpaired) electrons. The third kappa shape index (κ3) is 11.1. The van der Waals surface area contributed by atoms with Crippen LogP contribution in [-0.4, -0.2) is 43.4 Å². The molecular formula is C26H35ClN2O3. The lowest BCUT2D eigenvalue weighted by Crippen LogP contribution is -2.12. The molecule has 0 spiro atoms. The van der Waals surface area contributed by atoms with Crippen molar-refractivity contribution >= 4 is 35.1 Å². The highest BCUT2D eigenvalue weighted by molar-refractivity contribution is 6.35. The zero-order valence-electron chi connectivity index (χ0n) is 19.4. The second-order valence-corrected chi connectivity index (χ2v) is 6.93. The number of aliphatic hydroxyl groups excluding tert-OH is 1. The van der Waals surface area contributed by atoms with E-state index in [1.54, 1.807) is 30.5 Å². The molecule has 32 heavy (non-hydrogen) atoms. The number of aldehydes is 2. The molecule has 0 bridgehead atoms. The Bertz CT molecular complexity index is 889. The molecule has 2 aromatic carbocycles. The molecule has 174 valence electrons. The summed E-state index contributed by atoms with van der Waals surface area (Å²) in [4.78, 5) is 25.5. The van der Waals surface area contributed by atoms with E-state index in [0.29, 0.717) is 10.6 Å². The predicted octanol–water partition coefficient (Wildman–Crippen LogP) is 5.38. The maximum atomic E-state index is 10.9. The monoisotopic (exact) mass is 458 g/mol. The van der Waals surface area contributed by atoms with Crippen molar-refractivity contribution in [1.82, 2.24) is 10.3 Å². The first kappa shape index (κ1) is 29.4. The normalized spacial score (nSPS) is 10.3. The molecule has 2 N–H and O–H groups in total. The van der Waals surface area contributed by atoms with E-state index in [4.69, 9.17) is 16.7 Å². The van der Waals surface area contributed by atoms with Gasteiger partial charge in [0.25, 0.3) is 0 Å². The molecule has 0 aliphatic carbocycles. The van der Waals surface area contributed by atoms with E-state index in [-0.39, 0.29) is 5.92 Å². The van der Waals surface area contributed by atoms with Gasteiger partial charge in [-0.3, -0.25) is 9.78 Å². The van der Waals surface area contributed by atoms with Gasteiger partial charge in [-0.25, -0.2) is 0 Å². The van der Waals surface area contributed by atoms with Crippen LogP contribution in [0.25, 0.3) is 10.9 Å². The van der Waals surface area contributed by atoms with Gasteiger partial charge in [-0.15, -0.1) is 0 Å². The Morgan fingerprint density at radius 1 is 1.06 bits per heavy atom. The minimum atomic E-state index is 0.167. The topological polar surface area (TPSA) is 79.3 Å². The van der Waals surface area contributed by atoms with E-state index < -0.39 is 0 Å². The van der Waals surface area contributed by atoms with Gasteiger partial charge in [0.2, 0.25) is 0 Å². The summed E-state index contributed by atoms with van der Waals surface area (Å²) in [6.45, 7) is 4.99. The maximum absolute atomic E-state index is 10.9. The fourth-order valence-corrected chi connectivity index (χ4v) is 3.10. The molecule has 3 rings (SSSR count). The highest BCUT2D eigenvalue weighted by atomic mass is 35.5. The standard InChI is InChI=1S/C13H19NO.C10H6ClNO.C2H6.CH4O/c1-14-9-5-8-13(11-15)10-12-6-3-2-4-7-12;11-9-3-4-12-10-5-7(6-13)1-2-8(9)10;2*1-2/h2-4,6-7,11,13-14H,5,8-10H2,1H3;1-6H;1-2H3;2H,1H3. The Morgan fingerprint density at radius 2 is 1.75 bits per heavy atom. The molecule has 0 amide bonds. The van der Waals surface area contributed by atoms with Gasteiger partial charge in [0, 0.05) is 30.2 Å². The van der Waals surface area contributed by atoms with Gasteiger partial charge >= 0.3 is 0 Å². The number of halogens is 1. The van der Waals surface area contributed by atoms with Crippen molar-refractivity contribution in [2.45, 2.75) is 33.1 Å². The number of pyridine rings is 1. The number of rotatable bonds is 8. The van der Waals surface area contributed by atoms with Crippen molar-refractivity contribution < 1.29 is 14.7 Å². The van der Waals surface area contributed by atoms with Crippen LogP contribution in [0.4, 0.5) is 0 Å². The lowest BCUT2D eigenvalue weighted by Gasteiger charge is -2.09. The van der Waals surface area contributed by atoms with Crippen molar-refractivity contribution in [2.24, 2.45) is 5.92 Å². The summed E-state index contributed by atoms with van der Waals surface area (Å²) in [6.07, 6.45) is 6.41. The Balaban J connectivity index is 0.000000523. The van der Waals surface area contributed by atoms with Gasteiger partial charge in [0.05, 0.1) is 10.5 Å². The molecule has 0 aliphatic heterocycles. The molecule has 1 atom stereocenters. The SMILES string of the molecule is CC.CNCCCC(C=O)Cc1ccccc1.CO.O=Cc1ccc2c(Cl)ccnc2c1. The summed E-state index contributed by atoms with van der Waals surface area (Å²) in [5, 5.41) is 11.6. The summed E-state index contributed by atoms with van der Waals surface area (Å²) < 4.78 is 0. The summed E-state index contributed by atoms with van der Waals surface area (Å²) in [6, 6.07) is 17.2. The van der Waals surface area contributed by atoms with Crippen molar-refractivity contribution in [3.05, 3.63) is 76.9 Å². The average Bonchev–Trinajstić information content (AvgIpc) is 2.87. The van der Waals surface area contributed by atoms with Crippen LogP contribution in [0.5, 0.6) is 0 Å². The smallest absolute Gasteiger partial charge is 0.150 e. The molecule has 1 heterocycles. The van der Waals surface area contributed by atoms with E-state index in [9.17, 15) is 9.59 Å². The quantitative estimate of drug-likeness (QED) is 0.350. The molecule has 1 aromatic heterocycles. The zero-order chi connectivity index (χ0) is 24.2. The first-order chi connectivity index (χ1) is 15.7. The molecule has 3 aromatic rings. The molecule has 0 fully saturated rings. The van der Waals surface area contributed by atoms with Gasteiger partial charge in [-0.1, -0.05) is 67.9 Å². The summed E-state index contributed by atoms with van der Waals surface area (Å²) >= 11 is 5.92. The molecule has 5 nitrogen and oxygen atoms in total. The highest BCUT2D eigenvalue weighted by Crippen LogP contribution is 2.21. The van der Waals surface area contributed by atoms with Crippen LogP contribution < -0.4 is 5.32 Å². The molecule has 0 saturated heterocycles. The number of benzene rings is 2. The van der Waals surface area contributed by atoms with Crippen molar-refractivity contribution in [2.75, 3.05) is 20.7 Å². The van der Waals surface area contributed by atoms with Crippen LogP contribution in [0.3, 0.4) is 0 Å². The Labute approximate surface area is 196 Å². The van der Waals surface area contributed by atoms with Crippen LogP contribution in [0.15, 0.2) is 60.8 Å². The number of carbonyl (C=O) groups is 2.